The summed E-state index contributed by atoms with van der Waals surface area (Å²) >= 11 is 0. The second-order valence-corrected chi connectivity index (χ2v) is 7.56. The SMILES string of the molecule is CO[C@@H]1C=CCC(=O)N[C@@H](C)C(=O)OC[C@@H](OC)[C@H](C)CCCC(=O)OC[C@H]1C. The quantitative estimate of drug-likeness (QED) is 0.546. The van der Waals surface area contributed by atoms with Gasteiger partial charge in [-0.2, -0.15) is 0 Å². The zero-order chi connectivity index (χ0) is 21.8. The van der Waals surface area contributed by atoms with E-state index < -0.39 is 12.0 Å². The molecule has 0 aromatic rings. The fraction of sp³-hybridized carbons (Fsp3) is 0.762. The van der Waals surface area contributed by atoms with E-state index in [4.69, 9.17) is 18.9 Å². The van der Waals surface area contributed by atoms with Crippen LogP contribution in [-0.2, 0) is 33.3 Å². The van der Waals surface area contributed by atoms with E-state index in [1.165, 1.54) is 0 Å². The Morgan fingerprint density at radius 3 is 2.38 bits per heavy atom. The standard InChI is InChI=1S/C21H35NO7/c1-14-8-6-11-20(24)28-12-15(2)17(26-4)9-7-10-19(23)22-16(3)21(25)29-13-18(14)27-5/h7,9,14-18H,6,8,10-13H2,1-5H3,(H,22,23)/t14-,15-,16+,17-,18-/m1/s1. The molecular weight excluding hydrogens is 378 g/mol. The van der Waals surface area contributed by atoms with Crippen molar-refractivity contribution in [1.29, 1.82) is 0 Å². The van der Waals surface area contributed by atoms with Gasteiger partial charge in [0.1, 0.15) is 12.6 Å². The van der Waals surface area contributed by atoms with Gasteiger partial charge in [-0.3, -0.25) is 9.59 Å². The first-order valence-corrected chi connectivity index (χ1v) is 10.1. The lowest BCUT2D eigenvalue weighted by Gasteiger charge is -2.23. The highest BCUT2D eigenvalue weighted by Gasteiger charge is 2.23. The van der Waals surface area contributed by atoms with Crippen molar-refractivity contribution in [2.75, 3.05) is 27.4 Å². The van der Waals surface area contributed by atoms with Crippen LogP contribution in [0.2, 0.25) is 0 Å². The lowest BCUT2D eigenvalue weighted by Crippen LogP contribution is -2.40. The maximum atomic E-state index is 12.2. The minimum atomic E-state index is -0.756. The van der Waals surface area contributed by atoms with Crippen molar-refractivity contribution in [3.05, 3.63) is 12.2 Å². The minimum absolute atomic E-state index is 0.0592. The summed E-state index contributed by atoms with van der Waals surface area (Å²) < 4.78 is 21.5. The number of amides is 1. The number of hydrogen-bond donors (Lipinski definition) is 1. The molecule has 0 aromatic carbocycles. The van der Waals surface area contributed by atoms with E-state index in [-0.39, 0.29) is 55.6 Å². The van der Waals surface area contributed by atoms with E-state index in [9.17, 15) is 14.4 Å². The van der Waals surface area contributed by atoms with Gasteiger partial charge in [0.05, 0.1) is 18.8 Å². The van der Waals surface area contributed by atoms with Crippen molar-refractivity contribution >= 4 is 17.8 Å². The number of rotatable bonds is 2. The predicted octanol–water partition coefficient (Wildman–Crippen LogP) is 2.01. The summed E-state index contributed by atoms with van der Waals surface area (Å²) in [5.41, 5.74) is 0. The van der Waals surface area contributed by atoms with Crippen molar-refractivity contribution in [2.45, 2.75) is 64.7 Å². The highest BCUT2D eigenvalue weighted by atomic mass is 16.6. The predicted molar refractivity (Wildman–Crippen MR) is 107 cm³/mol. The van der Waals surface area contributed by atoms with Gasteiger partial charge in [-0.1, -0.05) is 26.0 Å². The maximum Gasteiger partial charge on any atom is 0.328 e. The van der Waals surface area contributed by atoms with Crippen LogP contribution < -0.4 is 5.32 Å². The maximum absolute atomic E-state index is 12.2. The van der Waals surface area contributed by atoms with Crippen molar-refractivity contribution in [3.8, 4) is 0 Å². The van der Waals surface area contributed by atoms with E-state index >= 15 is 0 Å². The summed E-state index contributed by atoms with van der Waals surface area (Å²) in [4.78, 5) is 36.2. The Balaban J connectivity index is 2.82. The molecule has 0 aliphatic carbocycles. The summed E-state index contributed by atoms with van der Waals surface area (Å²) in [5.74, 6) is -1.03. The molecule has 1 rings (SSSR count). The number of methoxy groups -OCH3 is 2. The van der Waals surface area contributed by atoms with E-state index in [1.54, 1.807) is 33.3 Å². The summed E-state index contributed by atoms with van der Waals surface area (Å²) in [6.45, 7) is 5.81. The van der Waals surface area contributed by atoms with Crippen molar-refractivity contribution in [1.82, 2.24) is 5.32 Å². The van der Waals surface area contributed by atoms with Gasteiger partial charge in [0.15, 0.2) is 0 Å². The van der Waals surface area contributed by atoms with E-state index in [1.807, 2.05) is 13.8 Å². The van der Waals surface area contributed by atoms with Crippen LogP contribution in [-0.4, -0.2) is 63.5 Å². The molecule has 8 heteroatoms. The smallest absolute Gasteiger partial charge is 0.328 e. The summed E-state index contributed by atoms with van der Waals surface area (Å²) in [5, 5.41) is 2.62. The van der Waals surface area contributed by atoms with Crippen LogP contribution in [0.25, 0.3) is 0 Å². The molecule has 0 unspecified atom stereocenters. The fourth-order valence-electron chi connectivity index (χ4n) is 3.07. The largest absolute Gasteiger partial charge is 0.465 e. The van der Waals surface area contributed by atoms with Crippen molar-refractivity contribution < 1.29 is 33.3 Å². The molecule has 0 saturated carbocycles. The third-order valence-electron chi connectivity index (χ3n) is 5.07. The molecule has 5 atom stereocenters. The van der Waals surface area contributed by atoms with E-state index in [0.29, 0.717) is 12.8 Å². The van der Waals surface area contributed by atoms with E-state index in [2.05, 4.69) is 5.32 Å². The Morgan fingerprint density at radius 2 is 1.72 bits per heavy atom. The molecule has 0 fully saturated rings. The van der Waals surface area contributed by atoms with Crippen LogP contribution in [0.3, 0.4) is 0 Å². The van der Waals surface area contributed by atoms with Crippen LogP contribution >= 0.6 is 0 Å². The summed E-state index contributed by atoms with van der Waals surface area (Å²) in [7, 11) is 3.12. The van der Waals surface area contributed by atoms with Crippen LogP contribution in [0.15, 0.2) is 12.2 Å². The Hall–Kier alpha value is -1.93. The Morgan fingerprint density at radius 1 is 1.00 bits per heavy atom. The zero-order valence-electron chi connectivity index (χ0n) is 18.1. The monoisotopic (exact) mass is 413 g/mol. The molecule has 0 saturated heterocycles. The Kier molecular flexibility index (Phi) is 11.5. The lowest BCUT2D eigenvalue weighted by atomic mass is 9.98. The van der Waals surface area contributed by atoms with Gasteiger partial charge in [0.25, 0.3) is 0 Å². The molecule has 29 heavy (non-hydrogen) atoms. The Labute approximate surface area is 173 Å². The molecule has 1 N–H and O–H groups in total. The molecule has 166 valence electrons. The van der Waals surface area contributed by atoms with Crippen LogP contribution in [0.5, 0.6) is 0 Å². The third-order valence-corrected chi connectivity index (χ3v) is 5.07. The second-order valence-electron chi connectivity index (χ2n) is 7.56. The Bertz CT molecular complexity index is 563. The first-order valence-electron chi connectivity index (χ1n) is 10.1. The number of nitrogens with one attached hydrogen (secondary N) is 1. The number of carbonyl (C=O) groups is 3. The molecular formula is C21H35NO7. The average Bonchev–Trinajstić information content (AvgIpc) is 2.68. The number of esters is 2. The van der Waals surface area contributed by atoms with Gasteiger partial charge in [0, 0.05) is 33.0 Å². The van der Waals surface area contributed by atoms with Gasteiger partial charge >= 0.3 is 11.9 Å². The van der Waals surface area contributed by atoms with Gasteiger partial charge < -0.3 is 24.3 Å². The first-order chi connectivity index (χ1) is 13.8. The number of carbonyl (C=O) groups excluding carboxylic acids is 3. The summed E-state index contributed by atoms with van der Waals surface area (Å²) in [6, 6.07) is -0.756. The number of cyclic esters (lactones) is 2. The van der Waals surface area contributed by atoms with Crippen LogP contribution in [0.4, 0.5) is 0 Å². The average molecular weight is 414 g/mol. The van der Waals surface area contributed by atoms with Gasteiger partial charge in [-0.25, -0.2) is 4.79 Å². The van der Waals surface area contributed by atoms with Gasteiger partial charge in [-0.05, 0) is 25.7 Å². The molecule has 0 bridgehead atoms. The van der Waals surface area contributed by atoms with Crippen LogP contribution in [0, 0.1) is 11.8 Å². The zero-order valence-corrected chi connectivity index (χ0v) is 18.1. The topological polar surface area (TPSA) is 100 Å². The van der Waals surface area contributed by atoms with Crippen molar-refractivity contribution in [3.63, 3.8) is 0 Å². The number of hydrogen-bond acceptors (Lipinski definition) is 7. The van der Waals surface area contributed by atoms with E-state index in [0.717, 1.165) is 6.42 Å². The van der Waals surface area contributed by atoms with Crippen molar-refractivity contribution in [2.24, 2.45) is 11.8 Å². The molecule has 0 radical (unpaired) electrons. The first kappa shape index (κ1) is 25.1. The number of ether oxygens (including phenoxy) is 4. The highest BCUT2D eigenvalue weighted by Crippen LogP contribution is 2.17. The molecule has 1 aliphatic heterocycles. The fourth-order valence-corrected chi connectivity index (χ4v) is 3.07. The van der Waals surface area contributed by atoms with Gasteiger partial charge in [-0.15, -0.1) is 0 Å². The third kappa shape index (κ3) is 9.41. The molecule has 0 aromatic heterocycles. The summed E-state index contributed by atoms with van der Waals surface area (Å²) in [6.07, 6.45) is 4.67. The lowest BCUT2D eigenvalue weighted by molar-refractivity contribution is -0.151. The minimum Gasteiger partial charge on any atom is -0.465 e. The normalized spacial score (nSPS) is 31.6. The highest BCUT2D eigenvalue weighted by molar-refractivity contribution is 5.84. The molecule has 1 amide bonds. The molecule has 8 nitrogen and oxygen atoms in total. The molecule has 0 spiro atoms. The second kappa shape index (κ2) is 13.3. The molecule has 1 aliphatic rings. The van der Waals surface area contributed by atoms with Crippen LogP contribution in [0.1, 0.15) is 46.5 Å². The van der Waals surface area contributed by atoms with Gasteiger partial charge in [0.2, 0.25) is 5.91 Å². The molecule has 1 heterocycles.